The molecule has 2 aromatic rings. The van der Waals surface area contributed by atoms with Crippen LogP contribution in [0.2, 0.25) is 5.02 Å². The fourth-order valence-corrected chi connectivity index (χ4v) is 2.44. The van der Waals surface area contributed by atoms with Crippen LogP contribution in [-0.2, 0) is 6.54 Å². The number of anilines is 1. The number of nitrogens with zero attached hydrogens (tertiary/aromatic N) is 1. The van der Waals surface area contributed by atoms with Gasteiger partial charge >= 0.3 is 0 Å². The van der Waals surface area contributed by atoms with Gasteiger partial charge < -0.3 is 10.6 Å². The predicted molar refractivity (Wildman–Crippen MR) is 82.6 cm³/mol. The van der Waals surface area contributed by atoms with Gasteiger partial charge in [-0.2, -0.15) is 0 Å². The standard InChI is InChI=1S/C16H18ClFN2/c1-11(19)15-9-14(18)6-7-16(15)20(2)10-12-4-3-5-13(17)8-12/h3-9,11H,10,19H2,1-2H3. The van der Waals surface area contributed by atoms with E-state index in [4.69, 9.17) is 17.3 Å². The zero-order valence-electron chi connectivity index (χ0n) is 11.6. The van der Waals surface area contributed by atoms with E-state index in [0.29, 0.717) is 11.6 Å². The lowest BCUT2D eigenvalue weighted by Crippen LogP contribution is -2.20. The molecule has 0 aliphatic carbocycles. The Balaban J connectivity index is 2.27. The van der Waals surface area contributed by atoms with E-state index in [1.807, 2.05) is 43.1 Å². The van der Waals surface area contributed by atoms with Gasteiger partial charge in [-0.25, -0.2) is 4.39 Å². The molecular weight excluding hydrogens is 275 g/mol. The summed E-state index contributed by atoms with van der Waals surface area (Å²) in [6.07, 6.45) is 0. The van der Waals surface area contributed by atoms with Crippen molar-refractivity contribution in [3.63, 3.8) is 0 Å². The molecule has 0 aliphatic heterocycles. The number of hydrogen-bond acceptors (Lipinski definition) is 2. The second-order valence-corrected chi connectivity index (χ2v) is 5.41. The Morgan fingerprint density at radius 2 is 2.00 bits per heavy atom. The van der Waals surface area contributed by atoms with E-state index in [2.05, 4.69) is 0 Å². The highest BCUT2D eigenvalue weighted by molar-refractivity contribution is 6.30. The second kappa shape index (κ2) is 6.25. The van der Waals surface area contributed by atoms with Crippen LogP contribution in [-0.4, -0.2) is 7.05 Å². The van der Waals surface area contributed by atoms with Gasteiger partial charge in [0.2, 0.25) is 0 Å². The summed E-state index contributed by atoms with van der Waals surface area (Å²) in [5.74, 6) is -0.266. The summed E-state index contributed by atoms with van der Waals surface area (Å²) in [6.45, 7) is 2.54. The maximum Gasteiger partial charge on any atom is 0.123 e. The Morgan fingerprint density at radius 3 is 2.65 bits per heavy atom. The van der Waals surface area contributed by atoms with Crippen LogP contribution in [0.4, 0.5) is 10.1 Å². The van der Waals surface area contributed by atoms with Gasteiger partial charge in [0.05, 0.1) is 0 Å². The summed E-state index contributed by atoms with van der Waals surface area (Å²) >= 11 is 5.99. The third-order valence-corrected chi connectivity index (χ3v) is 3.44. The van der Waals surface area contributed by atoms with E-state index in [-0.39, 0.29) is 11.9 Å². The van der Waals surface area contributed by atoms with Gasteiger partial charge in [0.1, 0.15) is 5.82 Å². The Hall–Kier alpha value is -1.58. The average Bonchev–Trinajstić information content (AvgIpc) is 2.38. The SMILES string of the molecule is CC(N)c1cc(F)ccc1N(C)Cc1cccc(Cl)c1. The monoisotopic (exact) mass is 292 g/mol. The molecule has 2 aromatic carbocycles. The third kappa shape index (κ3) is 3.50. The van der Waals surface area contributed by atoms with Crippen molar-refractivity contribution in [3.8, 4) is 0 Å². The van der Waals surface area contributed by atoms with Crippen molar-refractivity contribution in [3.05, 3.63) is 64.4 Å². The van der Waals surface area contributed by atoms with Gasteiger partial charge in [-0.3, -0.25) is 0 Å². The summed E-state index contributed by atoms with van der Waals surface area (Å²) in [6, 6.07) is 12.2. The van der Waals surface area contributed by atoms with Crippen LogP contribution in [0.15, 0.2) is 42.5 Å². The van der Waals surface area contributed by atoms with Crippen molar-refractivity contribution < 1.29 is 4.39 Å². The van der Waals surface area contributed by atoms with Crippen LogP contribution in [0, 0.1) is 5.82 Å². The Kier molecular flexibility index (Phi) is 4.63. The van der Waals surface area contributed by atoms with E-state index in [1.54, 1.807) is 6.07 Å². The molecule has 4 heteroatoms. The molecule has 0 radical (unpaired) electrons. The molecule has 0 aliphatic rings. The number of halogens is 2. The molecule has 2 N–H and O–H groups in total. The van der Waals surface area contributed by atoms with Crippen molar-refractivity contribution in [1.29, 1.82) is 0 Å². The van der Waals surface area contributed by atoms with Crippen molar-refractivity contribution in [2.45, 2.75) is 19.5 Å². The van der Waals surface area contributed by atoms with Crippen molar-refractivity contribution >= 4 is 17.3 Å². The van der Waals surface area contributed by atoms with Gasteiger partial charge in [-0.1, -0.05) is 23.7 Å². The normalized spacial score (nSPS) is 12.2. The minimum atomic E-state index is -0.266. The van der Waals surface area contributed by atoms with Crippen LogP contribution in [0.3, 0.4) is 0 Å². The summed E-state index contributed by atoms with van der Waals surface area (Å²) in [7, 11) is 1.96. The maximum atomic E-state index is 13.4. The highest BCUT2D eigenvalue weighted by Crippen LogP contribution is 2.26. The predicted octanol–water partition coefficient (Wildman–Crippen LogP) is 4.14. The van der Waals surface area contributed by atoms with E-state index < -0.39 is 0 Å². The molecule has 0 fully saturated rings. The smallest absolute Gasteiger partial charge is 0.123 e. The van der Waals surface area contributed by atoms with E-state index >= 15 is 0 Å². The first-order chi connectivity index (χ1) is 9.47. The molecule has 1 unspecified atom stereocenters. The molecule has 0 aromatic heterocycles. The fourth-order valence-electron chi connectivity index (χ4n) is 2.23. The molecule has 2 nitrogen and oxygen atoms in total. The van der Waals surface area contributed by atoms with Crippen molar-refractivity contribution in [2.75, 3.05) is 11.9 Å². The lowest BCUT2D eigenvalue weighted by atomic mass is 10.1. The summed E-state index contributed by atoms with van der Waals surface area (Å²) in [5.41, 5.74) is 8.75. The Bertz CT molecular complexity index is 599. The number of rotatable bonds is 4. The summed E-state index contributed by atoms with van der Waals surface area (Å²) < 4.78 is 13.4. The largest absolute Gasteiger partial charge is 0.370 e. The first-order valence-electron chi connectivity index (χ1n) is 6.48. The Labute approximate surface area is 124 Å². The van der Waals surface area contributed by atoms with Gasteiger partial charge in [0.15, 0.2) is 0 Å². The van der Waals surface area contributed by atoms with Gasteiger partial charge in [-0.15, -0.1) is 0 Å². The molecule has 0 saturated carbocycles. The van der Waals surface area contributed by atoms with E-state index in [0.717, 1.165) is 16.8 Å². The molecule has 1 atom stereocenters. The third-order valence-electron chi connectivity index (χ3n) is 3.20. The number of nitrogens with two attached hydrogens (primary N) is 1. The first-order valence-corrected chi connectivity index (χ1v) is 6.86. The quantitative estimate of drug-likeness (QED) is 0.918. The zero-order chi connectivity index (χ0) is 14.7. The van der Waals surface area contributed by atoms with Crippen LogP contribution >= 0.6 is 11.6 Å². The van der Waals surface area contributed by atoms with E-state index in [9.17, 15) is 4.39 Å². The fraction of sp³-hybridized carbons (Fsp3) is 0.250. The van der Waals surface area contributed by atoms with Crippen LogP contribution in [0.25, 0.3) is 0 Å². The minimum absolute atomic E-state index is 0.220. The maximum absolute atomic E-state index is 13.4. The van der Waals surface area contributed by atoms with Crippen LogP contribution < -0.4 is 10.6 Å². The highest BCUT2D eigenvalue weighted by Gasteiger charge is 2.12. The molecule has 0 heterocycles. The van der Waals surface area contributed by atoms with Gasteiger partial charge in [0.25, 0.3) is 0 Å². The highest BCUT2D eigenvalue weighted by atomic mass is 35.5. The molecule has 0 bridgehead atoms. The Morgan fingerprint density at radius 1 is 1.25 bits per heavy atom. The lowest BCUT2D eigenvalue weighted by Gasteiger charge is -2.24. The molecule has 0 saturated heterocycles. The zero-order valence-corrected chi connectivity index (χ0v) is 12.4. The first kappa shape index (κ1) is 14.8. The molecular formula is C16H18ClFN2. The van der Waals surface area contributed by atoms with E-state index in [1.165, 1.54) is 12.1 Å². The number of hydrogen-bond donors (Lipinski definition) is 1. The summed E-state index contributed by atoms with van der Waals surface area (Å²) in [5, 5.41) is 0.711. The van der Waals surface area contributed by atoms with Gasteiger partial charge in [0, 0.05) is 30.3 Å². The molecule has 20 heavy (non-hydrogen) atoms. The van der Waals surface area contributed by atoms with Crippen molar-refractivity contribution in [1.82, 2.24) is 0 Å². The molecule has 2 rings (SSSR count). The average molecular weight is 293 g/mol. The van der Waals surface area contributed by atoms with Crippen LogP contribution in [0.1, 0.15) is 24.1 Å². The minimum Gasteiger partial charge on any atom is -0.370 e. The lowest BCUT2D eigenvalue weighted by molar-refractivity contribution is 0.622. The van der Waals surface area contributed by atoms with Crippen LogP contribution in [0.5, 0.6) is 0 Å². The second-order valence-electron chi connectivity index (χ2n) is 4.98. The summed E-state index contributed by atoms with van der Waals surface area (Å²) in [4.78, 5) is 2.05. The van der Waals surface area contributed by atoms with Gasteiger partial charge in [-0.05, 0) is 48.4 Å². The van der Waals surface area contributed by atoms with Crippen molar-refractivity contribution in [2.24, 2.45) is 5.73 Å². The molecule has 0 amide bonds. The topological polar surface area (TPSA) is 29.3 Å². The number of benzene rings is 2. The molecule has 106 valence electrons. The molecule has 0 spiro atoms.